The van der Waals surface area contributed by atoms with Gasteiger partial charge in [-0.05, 0) is 55.2 Å². The number of aliphatic carboxylic acids is 1. The smallest absolute Gasteiger partial charge is 0.306 e. The Morgan fingerprint density at radius 3 is 2.36 bits per heavy atom. The summed E-state index contributed by atoms with van der Waals surface area (Å²) in [6, 6.07) is 13.8. The van der Waals surface area contributed by atoms with Gasteiger partial charge >= 0.3 is 5.97 Å². The number of hydrogen-bond donors (Lipinski definition) is 1. The number of carboxylic acid groups (broad SMARTS) is 1. The average Bonchev–Trinajstić information content (AvgIpc) is 3.05. The molecule has 0 bridgehead atoms. The maximum Gasteiger partial charge on any atom is 0.306 e. The number of carbonyl (C=O) groups excluding carboxylic acids is 1. The molecule has 5 nitrogen and oxygen atoms in total. The molecule has 0 radical (unpaired) electrons. The molecule has 1 N–H and O–H groups in total. The molecule has 0 aliphatic rings. The van der Waals surface area contributed by atoms with Crippen LogP contribution >= 0.6 is 0 Å². The number of aryl methyl sites for hydroxylation is 1. The van der Waals surface area contributed by atoms with E-state index >= 15 is 0 Å². The van der Waals surface area contributed by atoms with Crippen molar-refractivity contribution in [3.05, 3.63) is 59.4 Å². The van der Waals surface area contributed by atoms with Crippen LogP contribution in [0.2, 0.25) is 0 Å². The average molecular weight is 378 g/mol. The summed E-state index contributed by atoms with van der Waals surface area (Å²) in [7, 11) is 0. The van der Waals surface area contributed by atoms with E-state index in [-0.39, 0.29) is 17.6 Å². The van der Waals surface area contributed by atoms with Crippen LogP contribution in [0.5, 0.6) is 0 Å². The Hall–Kier alpha value is -2.95. The first kappa shape index (κ1) is 19.8. The van der Waals surface area contributed by atoms with E-state index in [0.717, 1.165) is 41.0 Å². The summed E-state index contributed by atoms with van der Waals surface area (Å²) in [4.78, 5) is 27.5. The minimum atomic E-state index is -0.758. The molecule has 0 aliphatic carbocycles. The second kappa shape index (κ2) is 7.97. The van der Waals surface area contributed by atoms with Crippen LogP contribution < -0.4 is 0 Å². The fraction of sp³-hybridized carbons (Fsp3) is 0.348. The van der Waals surface area contributed by atoms with Crippen LogP contribution in [0.25, 0.3) is 16.7 Å². The van der Waals surface area contributed by atoms with Gasteiger partial charge in [-0.1, -0.05) is 32.9 Å². The Bertz CT molecular complexity index is 1020. The molecule has 2 unspecified atom stereocenters. The van der Waals surface area contributed by atoms with E-state index in [2.05, 4.69) is 23.6 Å². The monoisotopic (exact) mass is 378 g/mol. The molecule has 0 aliphatic heterocycles. The Labute approximate surface area is 165 Å². The lowest BCUT2D eigenvalue weighted by molar-refractivity contribution is -0.142. The van der Waals surface area contributed by atoms with Gasteiger partial charge in [0.25, 0.3) is 0 Å². The largest absolute Gasteiger partial charge is 0.481 e. The minimum Gasteiger partial charge on any atom is -0.481 e. The zero-order chi connectivity index (χ0) is 20.4. The molecule has 1 aromatic heterocycles. The number of carbonyl (C=O) groups is 2. The normalized spacial score (nSPS) is 13.4. The molecule has 0 saturated carbocycles. The fourth-order valence-corrected chi connectivity index (χ4v) is 3.45. The van der Waals surface area contributed by atoms with Gasteiger partial charge in [-0.15, -0.1) is 0 Å². The summed E-state index contributed by atoms with van der Waals surface area (Å²) in [6.45, 7) is 7.34. The van der Waals surface area contributed by atoms with Crippen molar-refractivity contribution < 1.29 is 14.7 Å². The highest BCUT2D eigenvalue weighted by molar-refractivity contribution is 5.97. The molecular formula is C23H26N2O3. The van der Waals surface area contributed by atoms with E-state index in [1.807, 2.05) is 37.3 Å². The van der Waals surface area contributed by atoms with Crippen LogP contribution in [0.15, 0.2) is 42.5 Å². The topological polar surface area (TPSA) is 72.2 Å². The van der Waals surface area contributed by atoms with E-state index in [1.165, 1.54) is 0 Å². The number of hydrogen-bond acceptors (Lipinski definition) is 3. The first-order valence-electron chi connectivity index (χ1n) is 9.66. The molecule has 2 aromatic carbocycles. The lowest BCUT2D eigenvalue weighted by atomic mass is 9.90. The predicted octanol–water partition coefficient (Wildman–Crippen LogP) is 4.69. The van der Waals surface area contributed by atoms with Crippen LogP contribution in [0.4, 0.5) is 0 Å². The zero-order valence-electron chi connectivity index (χ0n) is 16.8. The molecule has 0 amide bonds. The third-order valence-electron chi connectivity index (χ3n) is 5.44. The second-order valence-electron chi connectivity index (χ2n) is 7.45. The van der Waals surface area contributed by atoms with Gasteiger partial charge in [0.1, 0.15) is 5.82 Å². The van der Waals surface area contributed by atoms with Gasteiger partial charge in [0.05, 0.1) is 17.0 Å². The quantitative estimate of drug-likeness (QED) is 0.606. The van der Waals surface area contributed by atoms with Gasteiger partial charge in [-0.25, -0.2) is 4.98 Å². The van der Waals surface area contributed by atoms with Crippen molar-refractivity contribution in [3.8, 4) is 5.69 Å². The zero-order valence-corrected chi connectivity index (χ0v) is 16.8. The van der Waals surface area contributed by atoms with E-state index in [4.69, 9.17) is 4.98 Å². The fourth-order valence-electron chi connectivity index (χ4n) is 3.45. The third kappa shape index (κ3) is 3.84. The molecular weight excluding hydrogens is 352 g/mol. The van der Waals surface area contributed by atoms with Crippen molar-refractivity contribution >= 4 is 22.8 Å². The van der Waals surface area contributed by atoms with Crippen LogP contribution in [-0.4, -0.2) is 26.4 Å². The van der Waals surface area contributed by atoms with E-state index < -0.39 is 5.97 Å². The Morgan fingerprint density at radius 2 is 1.79 bits per heavy atom. The molecule has 0 fully saturated rings. The van der Waals surface area contributed by atoms with Crippen molar-refractivity contribution in [2.24, 2.45) is 11.8 Å². The van der Waals surface area contributed by atoms with Crippen LogP contribution in [0.3, 0.4) is 0 Å². The highest BCUT2D eigenvalue weighted by Gasteiger charge is 2.19. The number of aromatic nitrogens is 2. The Kier molecular flexibility index (Phi) is 5.63. The number of ketones is 1. The number of rotatable bonds is 7. The third-order valence-corrected chi connectivity index (χ3v) is 5.44. The van der Waals surface area contributed by atoms with E-state index in [0.29, 0.717) is 5.56 Å². The van der Waals surface area contributed by atoms with Gasteiger partial charge in [0, 0.05) is 17.7 Å². The maximum atomic E-state index is 11.7. The standard InChI is InChI=1S/C23H26N2O3/c1-5-22-24-20-13-18(16(4)26)8-11-21(20)25(22)19-9-6-17(7-10-19)12-14(2)15(3)23(27)28/h6-11,13-15H,5,12H2,1-4H3,(H,27,28). The highest BCUT2D eigenvalue weighted by Crippen LogP contribution is 2.25. The second-order valence-corrected chi connectivity index (χ2v) is 7.45. The van der Waals surface area contributed by atoms with Crippen molar-refractivity contribution in [3.63, 3.8) is 0 Å². The molecule has 0 spiro atoms. The van der Waals surface area contributed by atoms with Crippen molar-refractivity contribution in [1.29, 1.82) is 0 Å². The van der Waals surface area contributed by atoms with E-state index in [1.54, 1.807) is 13.8 Å². The number of imidazole rings is 1. The molecule has 2 atom stereocenters. The number of carboxylic acids is 1. The van der Waals surface area contributed by atoms with E-state index in [9.17, 15) is 14.7 Å². The summed E-state index contributed by atoms with van der Waals surface area (Å²) in [6.07, 6.45) is 1.50. The summed E-state index contributed by atoms with van der Waals surface area (Å²) in [5, 5.41) is 9.18. The van der Waals surface area contributed by atoms with Gasteiger partial charge in [0.2, 0.25) is 0 Å². The number of fused-ring (bicyclic) bond motifs is 1. The summed E-state index contributed by atoms with van der Waals surface area (Å²) < 4.78 is 2.12. The summed E-state index contributed by atoms with van der Waals surface area (Å²) in [5.74, 6) is -0.0977. The Balaban J connectivity index is 1.94. The first-order chi connectivity index (χ1) is 13.3. The van der Waals surface area contributed by atoms with Gasteiger partial charge in [0.15, 0.2) is 5.78 Å². The molecule has 0 saturated heterocycles. The highest BCUT2D eigenvalue weighted by atomic mass is 16.4. The number of benzene rings is 2. The lowest BCUT2D eigenvalue weighted by Crippen LogP contribution is -2.19. The van der Waals surface area contributed by atoms with Crippen molar-refractivity contribution in [1.82, 2.24) is 9.55 Å². The Morgan fingerprint density at radius 1 is 1.11 bits per heavy atom. The van der Waals surface area contributed by atoms with Crippen molar-refractivity contribution in [2.75, 3.05) is 0 Å². The van der Waals surface area contributed by atoms with Crippen molar-refractivity contribution in [2.45, 2.75) is 40.5 Å². The SMILES string of the molecule is CCc1nc2cc(C(C)=O)ccc2n1-c1ccc(CC(C)C(C)C(=O)O)cc1. The molecule has 28 heavy (non-hydrogen) atoms. The van der Waals surface area contributed by atoms with Gasteiger partial charge in [-0.3, -0.25) is 14.2 Å². The predicted molar refractivity (Wildman–Crippen MR) is 110 cm³/mol. The minimum absolute atomic E-state index is 0.0311. The maximum absolute atomic E-state index is 11.7. The molecule has 1 heterocycles. The number of Topliss-reactive ketones (excluding diaryl/α,β-unsaturated/α-hetero) is 1. The first-order valence-corrected chi connectivity index (χ1v) is 9.66. The van der Waals surface area contributed by atoms with Crippen LogP contribution in [-0.2, 0) is 17.6 Å². The van der Waals surface area contributed by atoms with Crippen LogP contribution in [0.1, 0.15) is 49.4 Å². The molecule has 3 aromatic rings. The van der Waals surface area contributed by atoms with Gasteiger partial charge in [-0.2, -0.15) is 0 Å². The molecule has 5 heteroatoms. The molecule has 3 rings (SSSR count). The summed E-state index contributed by atoms with van der Waals surface area (Å²) in [5.41, 5.74) is 4.58. The lowest BCUT2D eigenvalue weighted by Gasteiger charge is -2.16. The number of nitrogens with zero attached hydrogens (tertiary/aromatic N) is 2. The summed E-state index contributed by atoms with van der Waals surface area (Å²) >= 11 is 0. The van der Waals surface area contributed by atoms with Crippen LogP contribution in [0, 0.1) is 11.8 Å². The van der Waals surface area contributed by atoms with Gasteiger partial charge < -0.3 is 5.11 Å². The molecule has 146 valence electrons.